The van der Waals surface area contributed by atoms with Gasteiger partial charge in [-0.25, -0.2) is 0 Å². The second-order valence-electron chi connectivity index (χ2n) is 7.06. The van der Waals surface area contributed by atoms with Gasteiger partial charge in [0, 0.05) is 51.9 Å². The van der Waals surface area contributed by atoms with Crippen LogP contribution in [0.4, 0.5) is 0 Å². The van der Waals surface area contributed by atoms with Gasteiger partial charge in [-0.05, 0) is 51.7 Å². The Morgan fingerprint density at radius 2 is 1.70 bits per heavy atom. The van der Waals surface area contributed by atoms with Crippen molar-refractivity contribution in [2.24, 2.45) is 5.92 Å². The van der Waals surface area contributed by atoms with Crippen LogP contribution in [-0.2, 0) is 0 Å². The number of nitrogens with one attached hydrogen (secondary N) is 1. The zero-order valence-electron chi connectivity index (χ0n) is 13.2. The molecule has 4 nitrogen and oxygen atoms in total. The van der Waals surface area contributed by atoms with E-state index in [0.717, 1.165) is 12.0 Å². The van der Waals surface area contributed by atoms with E-state index in [4.69, 9.17) is 0 Å². The molecule has 2 saturated heterocycles. The van der Waals surface area contributed by atoms with Crippen LogP contribution in [0.15, 0.2) is 0 Å². The van der Waals surface area contributed by atoms with Crippen molar-refractivity contribution in [3.8, 4) is 0 Å². The summed E-state index contributed by atoms with van der Waals surface area (Å²) >= 11 is 0. The standard InChI is InChI=1S/C16H32N4/c1-18-8-10-19(11-9-18)12-13-20(16-2-3-16)14-15-4-6-17-7-5-15/h15-17H,2-14H2,1H3. The maximum atomic E-state index is 3.49. The highest BCUT2D eigenvalue weighted by atomic mass is 15.3. The third kappa shape index (κ3) is 4.42. The topological polar surface area (TPSA) is 21.8 Å². The summed E-state index contributed by atoms with van der Waals surface area (Å²) in [6.45, 7) is 11.5. The molecule has 0 radical (unpaired) electrons. The van der Waals surface area contributed by atoms with Gasteiger partial charge in [0.1, 0.15) is 0 Å². The van der Waals surface area contributed by atoms with Crippen molar-refractivity contribution in [2.75, 3.05) is 66.0 Å². The molecule has 2 aliphatic heterocycles. The van der Waals surface area contributed by atoms with Gasteiger partial charge in [-0.1, -0.05) is 0 Å². The fourth-order valence-corrected chi connectivity index (χ4v) is 3.60. The number of hydrogen-bond donors (Lipinski definition) is 1. The summed E-state index contributed by atoms with van der Waals surface area (Å²) in [6.07, 6.45) is 5.68. The average molecular weight is 280 g/mol. The van der Waals surface area contributed by atoms with Crippen LogP contribution in [0.3, 0.4) is 0 Å². The second-order valence-corrected chi connectivity index (χ2v) is 7.06. The molecule has 0 spiro atoms. The lowest BCUT2D eigenvalue weighted by atomic mass is 9.97. The first-order chi connectivity index (χ1) is 9.81. The Hall–Kier alpha value is -0.160. The third-order valence-electron chi connectivity index (χ3n) is 5.31. The molecule has 3 rings (SSSR count). The van der Waals surface area contributed by atoms with Crippen LogP contribution in [0.25, 0.3) is 0 Å². The fraction of sp³-hybridized carbons (Fsp3) is 1.00. The van der Waals surface area contributed by atoms with E-state index in [0.29, 0.717) is 0 Å². The summed E-state index contributed by atoms with van der Waals surface area (Å²) in [6, 6.07) is 0.928. The van der Waals surface area contributed by atoms with Crippen molar-refractivity contribution in [1.29, 1.82) is 0 Å². The molecule has 4 heteroatoms. The van der Waals surface area contributed by atoms with Gasteiger partial charge in [0.15, 0.2) is 0 Å². The van der Waals surface area contributed by atoms with Crippen LogP contribution in [0.5, 0.6) is 0 Å². The smallest absolute Gasteiger partial charge is 0.0112 e. The summed E-state index contributed by atoms with van der Waals surface area (Å²) in [5.41, 5.74) is 0. The summed E-state index contributed by atoms with van der Waals surface area (Å²) in [4.78, 5) is 7.93. The minimum atomic E-state index is 0.928. The van der Waals surface area contributed by atoms with Crippen LogP contribution < -0.4 is 5.32 Å². The maximum absolute atomic E-state index is 3.49. The van der Waals surface area contributed by atoms with Crippen molar-refractivity contribution in [3.63, 3.8) is 0 Å². The van der Waals surface area contributed by atoms with Gasteiger partial charge in [0.05, 0.1) is 0 Å². The van der Waals surface area contributed by atoms with Crippen LogP contribution in [-0.4, -0.2) is 86.7 Å². The number of piperazine rings is 1. The Kier molecular flexibility index (Phi) is 5.32. The Balaban J connectivity index is 1.40. The fourth-order valence-electron chi connectivity index (χ4n) is 3.60. The summed E-state index contributed by atoms with van der Waals surface area (Å²) in [7, 11) is 2.24. The lowest BCUT2D eigenvalue weighted by Crippen LogP contribution is -2.48. The van der Waals surface area contributed by atoms with Gasteiger partial charge in [-0.15, -0.1) is 0 Å². The number of likely N-dealkylation sites (N-methyl/N-ethyl adjacent to an activating group) is 1. The van der Waals surface area contributed by atoms with Gasteiger partial charge in [0.25, 0.3) is 0 Å². The minimum Gasteiger partial charge on any atom is -0.317 e. The zero-order valence-corrected chi connectivity index (χ0v) is 13.2. The average Bonchev–Trinajstić information content (AvgIpc) is 3.31. The first-order valence-electron chi connectivity index (χ1n) is 8.67. The largest absolute Gasteiger partial charge is 0.317 e. The zero-order chi connectivity index (χ0) is 13.8. The molecule has 0 aromatic rings. The van der Waals surface area contributed by atoms with Crippen LogP contribution in [0.2, 0.25) is 0 Å². The van der Waals surface area contributed by atoms with Crippen molar-refractivity contribution in [1.82, 2.24) is 20.0 Å². The van der Waals surface area contributed by atoms with Gasteiger partial charge >= 0.3 is 0 Å². The van der Waals surface area contributed by atoms with Crippen LogP contribution >= 0.6 is 0 Å². The molecule has 0 aromatic carbocycles. The molecule has 0 aromatic heterocycles. The number of hydrogen-bond acceptors (Lipinski definition) is 4. The summed E-state index contributed by atoms with van der Waals surface area (Å²) in [5.74, 6) is 0.948. The van der Waals surface area contributed by atoms with E-state index in [2.05, 4.69) is 27.1 Å². The second kappa shape index (κ2) is 7.21. The molecule has 3 fully saturated rings. The van der Waals surface area contributed by atoms with E-state index in [1.807, 2.05) is 0 Å². The molecular weight excluding hydrogens is 248 g/mol. The van der Waals surface area contributed by atoms with Crippen molar-refractivity contribution >= 4 is 0 Å². The number of rotatable bonds is 6. The predicted molar refractivity (Wildman–Crippen MR) is 84.1 cm³/mol. The Morgan fingerprint density at radius 1 is 1.00 bits per heavy atom. The maximum Gasteiger partial charge on any atom is 0.0112 e. The van der Waals surface area contributed by atoms with E-state index < -0.39 is 0 Å². The van der Waals surface area contributed by atoms with E-state index in [-0.39, 0.29) is 0 Å². The van der Waals surface area contributed by atoms with E-state index in [9.17, 15) is 0 Å². The molecule has 3 aliphatic rings. The lowest BCUT2D eigenvalue weighted by molar-refractivity contribution is 0.123. The molecule has 1 aliphatic carbocycles. The first kappa shape index (κ1) is 14.8. The highest BCUT2D eigenvalue weighted by Gasteiger charge is 2.31. The lowest BCUT2D eigenvalue weighted by Gasteiger charge is -2.35. The van der Waals surface area contributed by atoms with Gasteiger partial charge in [-0.3, -0.25) is 9.80 Å². The molecule has 116 valence electrons. The predicted octanol–water partition coefficient (Wildman–Crippen LogP) is 0.698. The van der Waals surface area contributed by atoms with Crippen molar-refractivity contribution in [2.45, 2.75) is 31.7 Å². The van der Waals surface area contributed by atoms with E-state index in [1.54, 1.807) is 0 Å². The molecule has 0 atom stereocenters. The molecule has 20 heavy (non-hydrogen) atoms. The Bertz CT molecular complexity index is 278. The van der Waals surface area contributed by atoms with Gasteiger partial charge in [0.2, 0.25) is 0 Å². The molecule has 0 bridgehead atoms. The van der Waals surface area contributed by atoms with E-state index in [1.165, 1.54) is 84.6 Å². The minimum absolute atomic E-state index is 0.928. The van der Waals surface area contributed by atoms with Crippen molar-refractivity contribution in [3.05, 3.63) is 0 Å². The third-order valence-corrected chi connectivity index (χ3v) is 5.31. The monoisotopic (exact) mass is 280 g/mol. The highest BCUT2D eigenvalue weighted by molar-refractivity contribution is 4.87. The summed E-state index contributed by atoms with van der Waals surface area (Å²) in [5, 5.41) is 3.49. The van der Waals surface area contributed by atoms with E-state index >= 15 is 0 Å². The molecular formula is C16H32N4. The van der Waals surface area contributed by atoms with Gasteiger partial charge < -0.3 is 10.2 Å². The highest BCUT2D eigenvalue weighted by Crippen LogP contribution is 2.28. The number of piperidine rings is 1. The summed E-state index contributed by atoms with van der Waals surface area (Å²) < 4.78 is 0. The normalized spacial score (nSPS) is 27.3. The molecule has 1 saturated carbocycles. The van der Waals surface area contributed by atoms with Gasteiger partial charge in [-0.2, -0.15) is 0 Å². The SMILES string of the molecule is CN1CCN(CCN(CC2CCNCC2)C2CC2)CC1. The first-order valence-corrected chi connectivity index (χ1v) is 8.67. The van der Waals surface area contributed by atoms with Crippen molar-refractivity contribution < 1.29 is 0 Å². The molecule has 0 unspecified atom stereocenters. The molecule has 1 N–H and O–H groups in total. The Morgan fingerprint density at radius 3 is 2.35 bits per heavy atom. The Labute approximate surface area is 124 Å². The molecule has 2 heterocycles. The quantitative estimate of drug-likeness (QED) is 0.773. The number of nitrogens with zero attached hydrogens (tertiary/aromatic N) is 3. The van der Waals surface area contributed by atoms with Crippen LogP contribution in [0.1, 0.15) is 25.7 Å². The molecule has 0 amide bonds. The van der Waals surface area contributed by atoms with Crippen LogP contribution in [0, 0.1) is 5.92 Å².